The maximum Gasteiger partial charge on any atom is 0.266 e. The first-order valence-electron chi connectivity index (χ1n) is 9.31. The van der Waals surface area contributed by atoms with Crippen LogP contribution in [0.4, 0.5) is 0 Å². The first-order chi connectivity index (χ1) is 13.0. The zero-order valence-corrected chi connectivity index (χ0v) is 16.9. The lowest BCUT2D eigenvalue weighted by atomic mass is 9.68. The lowest BCUT2D eigenvalue weighted by molar-refractivity contribution is -0.537. The van der Waals surface area contributed by atoms with Gasteiger partial charge < -0.3 is 4.74 Å². The summed E-state index contributed by atoms with van der Waals surface area (Å²) in [5.74, 6) is -1.06. The van der Waals surface area contributed by atoms with Crippen LogP contribution in [0.25, 0.3) is 0 Å². The van der Waals surface area contributed by atoms with Crippen LogP contribution in [0.2, 0.25) is 0 Å². The number of rotatable bonds is 2. The Labute approximate surface area is 163 Å². The molecule has 2 heterocycles. The molecule has 0 saturated carbocycles. The maximum atomic E-state index is 13.1. The first-order valence-corrected chi connectivity index (χ1v) is 11.0. The molecule has 8 heteroatoms. The van der Waals surface area contributed by atoms with E-state index in [1.807, 2.05) is 19.9 Å². The molecule has 0 radical (unpaired) electrons. The molecule has 1 fully saturated rings. The minimum atomic E-state index is -3.85. The lowest BCUT2D eigenvalue weighted by Crippen LogP contribution is -2.56. The van der Waals surface area contributed by atoms with E-state index in [1.165, 1.54) is 6.92 Å². The van der Waals surface area contributed by atoms with Crippen molar-refractivity contribution in [2.45, 2.75) is 56.4 Å². The van der Waals surface area contributed by atoms with Crippen molar-refractivity contribution in [1.82, 2.24) is 0 Å². The van der Waals surface area contributed by atoms with Crippen molar-refractivity contribution in [3.05, 3.63) is 57.3 Å². The second-order valence-corrected chi connectivity index (χ2v) is 11.2. The molecule has 0 N–H and O–H groups in total. The van der Waals surface area contributed by atoms with Gasteiger partial charge in [0.15, 0.2) is 21.2 Å². The number of ketones is 1. The second-order valence-electron chi connectivity index (χ2n) is 9.00. The molecule has 4 rings (SSSR count). The molecule has 1 saturated heterocycles. The Morgan fingerprint density at radius 3 is 2.39 bits per heavy atom. The van der Waals surface area contributed by atoms with Crippen LogP contribution < -0.4 is 0 Å². The summed E-state index contributed by atoms with van der Waals surface area (Å²) in [7, 11) is -3.85. The second kappa shape index (κ2) is 5.89. The largest absolute Gasteiger partial charge is 0.483 e. The summed E-state index contributed by atoms with van der Waals surface area (Å²) in [5.41, 5.74) is -0.812. The van der Waals surface area contributed by atoms with Gasteiger partial charge in [-0.15, -0.1) is 0 Å². The predicted octanol–water partition coefficient (Wildman–Crippen LogP) is 2.64. The Kier molecular flexibility index (Phi) is 4.02. The number of carbonyl (C=O) groups is 1. The van der Waals surface area contributed by atoms with E-state index in [1.54, 1.807) is 24.3 Å². The van der Waals surface area contributed by atoms with Crippen molar-refractivity contribution in [2.24, 2.45) is 5.41 Å². The van der Waals surface area contributed by atoms with Gasteiger partial charge in [-0.3, -0.25) is 14.9 Å². The quantitative estimate of drug-likeness (QED) is 0.553. The molecule has 0 aromatic heterocycles. The number of fused-ring (bicyclic) bond motifs is 1. The van der Waals surface area contributed by atoms with E-state index < -0.39 is 43.3 Å². The molecule has 2 aliphatic heterocycles. The van der Waals surface area contributed by atoms with E-state index in [2.05, 4.69) is 0 Å². The van der Waals surface area contributed by atoms with E-state index >= 15 is 0 Å². The van der Waals surface area contributed by atoms with Gasteiger partial charge in [-0.1, -0.05) is 44.2 Å². The lowest BCUT2D eigenvalue weighted by Gasteiger charge is -2.46. The Bertz CT molecular complexity index is 997. The number of hydrogen-bond acceptors (Lipinski definition) is 6. The fraction of sp³-hybridized carbons (Fsp3) is 0.550. The molecule has 3 aliphatic rings. The van der Waals surface area contributed by atoms with Crippen LogP contribution in [-0.2, 0) is 19.4 Å². The molecule has 7 nitrogen and oxygen atoms in total. The van der Waals surface area contributed by atoms with Gasteiger partial charge in [0.1, 0.15) is 16.8 Å². The highest BCUT2D eigenvalue weighted by molar-refractivity contribution is 7.92. The number of benzene rings is 1. The summed E-state index contributed by atoms with van der Waals surface area (Å²) in [6.45, 7) is 5.40. The molecule has 0 amide bonds. The van der Waals surface area contributed by atoms with E-state index in [-0.39, 0.29) is 11.2 Å². The molecule has 0 unspecified atom stereocenters. The van der Waals surface area contributed by atoms with Gasteiger partial charge in [-0.25, -0.2) is 8.42 Å². The number of sulfone groups is 1. The molecular formula is C20H23NO6S. The van der Waals surface area contributed by atoms with E-state index in [4.69, 9.17) is 4.74 Å². The van der Waals surface area contributed by atoms with E-state index in [0.717, 1.165) is 0 Å². The minimum absolute atomic E-state index is 0.137. The van der Waals surface area contributed by atoms with Crippen LogP contribution in [0.5, 0.6) is 0 Å². The van der Waals surface area contributed by atoms with Crippen molar-refractivity contribution < 1.29 is 22.9 Å². The average Bonchev–Trinajstić information content (AvgIpc) is 2.79. The number of Topliss-reactive ketones (excluding diaryl/α,β-unsaturated/α-hetero) is 1. The molecule has 1 aromatic rings. The fourth-order valence-electron chi connectivity index (χ4n) is 5.10. The highest BCUT2D eigenvalue weighted by Gasteiger charge is 2.70. The van der Waals surface area contributed by atoms with Gasteiger partial charge in [0.05, 0.1) is 0 Å². The van der Waals surface area contributed by atoms with Gasteiger partial charge in [0.2, 0.25) is 0 Å². The van der Waals surface area contributed by atoms with Crippen LogP contribution in [-0.4, -0.2) is 41.8 Å². The topological polar surface area (TPSA) is 104 Å². The van der Waals surface area contributed by atoms with Crippen molar-refractivity contribution in [3.63, 3.8) is 0 Å². The van der Waals surface area contributed by atoms with Gasteiger partial charge in [-0.05, 0) is 17.9 Å². The van der Waals surface area contributed by atoms with Crippen molar-refractivity contribution >= 4 is 15.6 Å². The standard InChI is InChI=1S/C20H23NO6S/c1-19(2)9-13(22)17-14(10-19)27-20(3)15(21(23)24)11-28(25,26)18(20)16(17)12-7-5-4-6-8-12/h4-8,15-16,18H,9-11H2,1-3H3/t15-,16-,18+,20+/m1/s1. The van der Waals surface area contributed by atoms with Crippen LogP contribution in [0.3, 0.4) is 0 Å². The summed E-state index contributed by atoms with van der Waals surface area (Å²) >= 11 is 0. The Morgan fingerprint density at radius 2 is 1.79 bits per heavy atom. The number of hydrogen-bond donors (Lipinski definition) is 0. The van der Waals surface area contributed by atoms with Gasteiger partial charge in [0.25, 0.3) is 6.04 Å². The third-order valence-electron chi connectivity index (χ3n) is 6.25. The van der Waals surface area contributed by atoms with Crippen LogP contribution in [0.1, 0.15) is 45.1 Å². The first kappa shape index (κ1) is 19.1. The third kappa shape index (κ3) is 2.69. The Morgan fingerprint density at radius 1 is 1.14 bits per heavy atom. The highest BCUT2D eigenvalue weighted by atomic mass is 32.2. The van der Waals surface area contributed by atoms with Crippen molar-refractivity contribution in [3.8, 4) is 0 Å². The average molecular weight is 405 g/mol. The number of nitrogens with zero attached hydrogens (tertiary/aromatic N) is 1. The summed E-state index contributed by atoms with van der Waals surface area (Å²) in [4.78, 5) is 24.2. The molecule has 28 heavy (non-hydrogen) atoms. The Balaban J connectivity index is 1.99. The van der Waals surface area contributed by atoms with Gasteiger partial charge in [-0.2, -0.15) is 0 Å². The molecule has 4 atom stereocenters. The van der Waals surface area contributed by atoms with Gasteiger partial charge >= 0.3 is 0 Å². The molecule has 1 aliphatic carbocycles. The molecular weight excluding hydrogens is 382 g/mol. The predicted molar refractivity (Wildman–Crippen MR) is 102 cm³/mol. The normalized spacial score (nSPS) is 35.7. The van der Waals surface area contributed by atoms with Gasteiger partial charge in [0, 0.05) is 29.3 Å². The maximum absolute atomic E-state index is 13.1. The number of carbonyl (C=O) groups excluding carboxylic acids is 1. The molecule has 0 bridgehead atoms. The SMILES string of the molecule is CC1(C)CC(=O)C2=C(C1)O[C@@]1(C)[C@H]([N+](=O)[O-])CS(=O)(=O)[C@H]1[C@@H]2c1ccccc1. The van der Waals surface area contributed by atoms with Crippen LogP contribution >= 0.6 is 0 Å². The minimum Gasteiger partial charge on any atom is -0.483 e. The summed E-state index contributed by atoms with van der Waals surface area (Å²) in [6, 6.07) is 7.57. The number of allylic oxidation sites excluding steroid dienone is 2. The molecule has 150 valence electrons. The number of nitro groups is 1. The summed E-state index contributed by atoms with van der Waals surface area (Å²) in [5, 5.41) is 10.6. The van der Waals surface area contributed by atoms with Crippen LogP contribution in [0.15, 0.2) is 41.7 Å². The van der Waals surface area contributed by atoms with Crippen LogP contribution in [0, 0.1) is 15.5 Å². The summed E-state index contributed by atoms with van der Waals surface area (Å²) < 4.78 is 32.3. The molecule has 1 aromatic carbocycles. The number of ether oxygens (including phenoxy) is 1. The van der Waals surface area contributed by atoms with Crippen molar-refractivity contribution in [2.75, 3.05) is 5.75 Å². The summed E-state index contributed by atoms with van der Waals surface area (Å²) in [6.07, 6.45) is 0.741. The zero-order chi connectivity index (χ0) is 20.5. The van der Waals surface area contributed by atoms with E-state index in [0.29, 0.717) is 29.7 Å². The van der Waals surface area contributed by atoms with E-state index in [9.17, 15) is 23.3 Å². The smallest absolute Gasteiger partial charge is 0.266 e. The van der Waals surface area contributed by atoms with Crippen molar-refractivity contribution in [1.29, 1.82) is 0 Å². The third-order valence-corrected chi connectivity index (χ3v) is 8.55. The molecule has 0 spiro atoms. The Hall–Kier alpha value is -2.22. The monoisotopic (exact) mass is 405 g/mol. The zero-order valence-electron chi connectivity index (χ0n) is 16.0. The fourth-order valence-corrected chi connectivity index (χ4v) is 7.83. The highest BCUT2D eigenvalue weighted by Crippen LogP contribution is 2.55.